The van der Waals surface area contributed by atoms with Crippen LogP contribution in [0.3, 0.4) is 0 Å². The molecule has 0 aromatic carbocycles. The fraction of sp³-hybridized carbons (Fsp3) is 0. The van der Waals surface area contributed by atoms with Gasteiger partial charge >= 0.3 is 26.2 Å². The molecule has 0 aromatic heterocycles. The van der Waals surface area contributed by atoms with Gasteiger partial charge in [-0.2, -0.15) is 0 Å². The van der Waals surface area contributed by atoms with Gasteiger partial charge in [-0.05, 0) is 0 Å². The summed E-state index contributed by atoms with van der Waals surface area (Å²) in [7, 11) is -7.06. The number of hydrogen-bond acceptors (Lipinski definition) is 5. The van der Waals surface area contributed by atoms with Crippen LogP contribution in [0.4, 0.5) is 0 Å². The van der Waals surface area contributed by atoms with Gasteiger partial charge in [0, 0.05) is 0 Å². The molecule has 0 aliphatic rings. The van der Waals surface area contributed by atoms with Crippen molar-refractivity contribution in [1.82, 2.24) is 0 Å². The quantitative estimate of drug-likeness (QED) is 0.178. The zero-order valence-electron chi connectivity index (χ0n) is 5.08. The van der Waals surface area contributed by atoms with E-state index in [1.54, 1.807) is 0 Å². The van der Waals surface area contributed by atoms with Gasteiger partial charge in [0.1, 0.15) is 0 Å². The Bertz CT molecular complexity index is 84.8. The van der Waals surface area contributed by atoms with E-state index in [0.29, 0.717) is 0 Å². The predicted octanol–water partition coefficient (Wildman–Crippen LogP) is -6.61. The van der Waals surface area contributed by atoms with Crippen molar-refractivity contribution in [2.75, 3.05) is 0 Å². The summed E-state index contributed by atoms with van der Waals surface area (Å²) in [5.74, 6) is 0. The second kappa shape index (κ2) is 7.76. The Kier molecular flexibility index (Phi) is 13.1. The van der Waals surface area contributed by atoms with Gasteiger partial charge in [0.15, 0.2) is 0 Å². The standard InChI is InChI=1S/BH3O3.Li.H3O4P/c2-1(3)4;;1-5(2,3)4/h2-4H;;(H3,1,2,3,4)/q;+1;/p-1. The van der Waals surface area contributed by atoms with Gasteiger partial charge in [0.25, 0.3) is 7.82 Å². The summed E-state index contributed by atoms with van der Waals surface area (Å²) in [6, 6.07) is 0. The van der Waals surface area contributed by atoms with E-state index < -0.39 is 15.1 Å². The van der Waals surface area contributed by atoms with Gasteiger partial charge in [-0.3, -0.25) is 4.57 Å². The molecule has 0 radical (unpaired) electrons. The Morgan fingerprint density at radius 1 is 1.20 bits per heavy atom. The maximum Gasteiger partial charge on any atom is 1.00 e. The Morgan fingerprint density at radius 3 is 1.20 bits per heavy atom. The molecule has 0 heterocycles. The molecule has 0 aliphatic heterocycles. The molecule has 0 fully saturated rings. The van der Waals surface area contributed by atoms with Crippen molar-refractivity contribution < 1.29 is 53.2 Å². The zero-order valence-corrected chi connectivity index (χ0v) is 5.97. The molecule has 0 atom stereocenters. The third-order valence-electron chi connectivity index (χ3n) is 0. The summed E-state index contributed by atoms with van der Waals surface area (Å²) in [6.07, 6.45) is 0. The third kappa shape index (κ3) is 1190. The molecule has 0 aromatic rings. The van der Waals surface area contributed by atoms with Crippen LogP contribution in [-0.2, 0) is 4.57 Å². The molecular formula is H5BLiO7P. The fourth-order valence-electron chi connectivity index (χ4n) is 0. The summed E-state index contributed by atoms with van der Waals surface area (Å²) >= 11 is 0. The minimum absolute atomic E-state index is 0. The number of hydrogen-bond donors (Lipinski definition) is 5. The molecule has 0 bridgehead atoms. The van der Waals surface area contributed by atoms with Crippen molar-refractivity contribution in [2.24, 2.45) is 0 Å². The molecule has 0 saturated heterocycles. The van der Waals surface area contributed by atoms with Gasteiger partial charge in [0.05, 0.1) is 0 Å². The van der Waals surface area contributed by atoms with Crippen LogP contribution in [0.25, 0.3) is 0 Å². The van der Waals surface area contributed by atoms with Gasteiger partial charge < -0.3 is 29.8 Å². The largest absolute Gasteiger partial charge is 1.00 e. The first-order valence-corrected chi connectivity index (χ1v) is 3.07. The summed E-state index contributed by atoms with van der Waals surface area (Å²) in [6.45, 7) is 0. The first-order valence-electron chi connectivity index (χ1n) is 1.54. The van der Waals surface area contributed by atoms with Gasteiger partial charge in [-0.25, -0.2) is 0 Å². The van der Waals surface area contributed by atoms with E-state index in [9.17, 15) is 0 Å². The normalized spacial score (nSPS) is 8.60. The molecule has 7 nitrogen and oxygen atoms in total. The molecule has 10 heavy (non-hydrogen) atoms. The average molecular weight is 166 g/mol. The molecule has 0 amide bonds. The average Bonchev–Trinajstić information content (AvgIpc) is 1.19. The van der Waals surface area contributed by atoms with E-state index in [4.69, 9.17) is 34.3 Å². The molecule has 10 heteroatoms. The van der Waals surface area contributed by atoms with Crippen LogP contribution in [0, 0.1) is 0 Å². The second-order valence-electron chi connectivity index (χ2n) is 0.837. The molecule has 0 saturated carbocycles. The van der Waals surface area contributed by atoms with Crippen LogP contribution in [-0.4, -0.2) is 32.2 Å². The van der Waals surface area contributed by atoms with E-state index >= 15 is 0 Å². The predicted molar refractivity (Wildman–Crippen MR) is 24.5 cm³/mol. The Balaban J connectivity index is -0.0000000910. The van der Waals surface area contributed by atoms with E-state index in [-0.39, 0.29) is 18.9 Å². The van der Waals surface area contributed by atoms with Gasteiger partial charge in [-0.15, -0.1) is 0 Å². The van der Waals surface area contributed by atoms with Crippen molar-refractivity contribution in [3.63, 3.8) is 0 Å². The van der Waals surface area contributed by atoms with E-state index in [0.717, 1.165) is 0 Å². The Hall–Kier alpha value is 0.652. The van der Waals surface area contributed by atoms with Crippen LogP contribution in [0.2, 0.25) is 0 Å². The third-order valence-corrected chi connectivity index (χ3v) is 0. The van der Waals surface area contributed by atoms with E-state index in [1.165, 1.54) is 0 Å². The van der Waals surface area contributed by atoms with E-state index in [1.807, 2.05) is 0 Å². The minimum Gasteiger partial charge on any atom is -0.756 e. The maximum absolute atomic E-state index is 8.77. The van der Waals surface area contributed by atoms with Crippen molar-refractivity contribution in [2.45, 2.75) is 0 Å². The van der Waals surface area contributed by atoms with Crippen molar-refractivity contribution in [3.05, 3.63) is 0 Å². The summed E-state index contributed by atoms with van der Waals surface area (Å²) in [4.78, 5) is 22.9. The Labute approximate surface area is 68.9 Å². The maximum atomic E-state index is 8.77. The zero-order chi connectivity index (χ0) is 8.08. The van der Waals surface area contributed by atoms with Crippen LogP contribution >= 0.6 is 7.82 Å². The van der Waals surface area contributed by atoms with Crippen LogP contribution < -0.4 is 23.8 Å². The topological polar surface area (TPSA) is 141 Å². The first-order chi connectivity index (χ1) is 3.73. The summed E-state index contributed by atoms with van der Waals surface area (Å²) in [5.41, 5.74) is 0. The fourth-order valence-corrected chi connectivity index (χ4v) is 0. The van der Waals surface area contributed by atoms with E-state index in [2.05, 4.69) is 0 Å². The molecule has 0 unspecified atom stereocenters. The van der Waals surface area contributed by atoms with Crippen LogP contribution in [0.1, 0.15) is 0 Å². The Morgan fingerprint density at radius 2 is 1.20 bits per heavy atom. The molecule has 0 rings (SSSR count). The van der Waals surface area contributed by atoms with Crippen LogP contribution in [0.5, 0.6) is 0 Å². The van der Waals surface area contributed by atoms with Crippen molar-refractivity contribution in [3.8, 4) is 0 Å². The number of rotatable bonds is 0. The molecule has 5 N–H and O–H groups in total. The monoisotopic (exact) mass is 166 g/mol. The van der Waals surface area contributed by atoms with Gasteiger partial charge in [-0.1, -0.05) is 0 Å². The summed E-state index contributed by atoms with van der Waals surface area (Å²) in [5, 5.41) is 21.5. The summed E-state index contributed by atoms with van der Waals surface area (Å²) < 4.78 is 8.77. The SMILES string of the molecule is O=P([O-])(O)O.OB(O)O.[Li+]. The molecule has 0 spiro atoms. The van der Waals surface area contributed by atoms with Crippen molar-refractivity contribution >= 4 is 15.1 Å². The molecular weight excluding hydrogens is 161 g/mol. The number of phosphoric acid groups is 1. The van der Waals surface area contributed by atoms with Crippen molar-refractivity contribution in [1.29, 1.82) is 0 Å². The molecule has 56 valence electrons. The smallest absolute Gasteiger partial charge is 0.756 e. The molecule has 0 aliphatic carbocycles. The second-order valence-corrected chi connectivity index (χ2v) is 1.82. The minimum atomic E-state index is -4.89. The van der Waals surface area contributed by atoms with Gasteiger partial charge in [0.2, 0.25) is 0 Å². The first kappa shape index (κ1) is 16.9. The van der Waals surface area contributed by atoms with Crippen LogP contribution in [0.15, 0.2) is 0 Å².